The molecule has 25 heavy (non-hydrogen) atoms. The van der Waals surface area contributed by atoms with Crippen molar-refractivity contribution in [3.05, 3.63) is 65.0 Å². The summed E-state index contributed by atoms with van der Waals surface area (Å²) in [6.45, 7) is 1.88. The number of anilines is 1. The van der Waals surface area contributed by atoms with Gasteiger partial charge < -0.3 is 10.6 Å². The molecule has 1 fully saturated rings. The van der Waals surface area contributed by atoms with Crippen LogP contribution < -0.4 is 10.6 Å². The fraction of sp³-hybridized carbons (Fsp3) is 0.222. The maximum atomic E-state index is 13.7. The molecule has 2 unspecified atom stereocenters. The lowest BCUT2D eigenvalue weighted by molar-refractivity contribution is -0.130. The quantitative estimate of drug-likeness (QED) is 0.838. The van der Waals surface area contributed by atoms with Gasteiger partial charge in [0.05, 0.1) is 5.69 Å². The van der Waals surface area contributed by atoms with Gasteiger partial charge in [-0.05, 0) is 42.3 Å². The van der Waals surface area contributed by atoms with Gasteiger partial charge in [-0.2, -0.15) is 0 Å². The predicted octanol–water partition coefficient (Wildman–Crippen LogP) is 2.88. The molecule has 1 heterocycles. The molecule has 4 nitrogen and oxygen atoms in total. The summed E-state index contributed by atoms with van der Waals surface area (Å²) in [7, 11) is 0. The van der Waals surface area contributed by atoms with E-state index >= 15 is 0 Å². The van der Waals surface area contributed by atoms with Gasteiger partial charge >= 0.3 is 0 Å². The Morgan fingerprint density at radius 1 is 1.12 bits per heavy atom. The first-order valence-corrected chi connectivity index (χ1v) is 7.66. The summed E-state index contributed by atoms with van der Waals surface area (Å²) in [5.74, 6) is -5.14. The van der Waals surface area contributed by atoms with Crippen LogP contribution in [0.15, 0.2) is 36.4 Å². The Balaban J connectivity index is 1.87. The fourth-order valence-electron chi connectivity index (χ4n) is 3.01. The highest BCUT2D eigenvalue weighted by Crippen LogP contribution is 2.31. The number of aryl methyl sites for hydroxylation is 1. The van der Waals surface area contributed by atoms with Crippen molar-refractivity contribution in [2.45, 2.75) is 12.8 Å². The summed E-state index contributed by atoms with van der Waals surface area (Å²) in [6.07, 6.45) is 0. The highest BCUT2D eigenvalue weighted by atomic mass is 19.1. The zero-order valence-corrected chi connectivity index (χ0v) is 13.3. The van der Waals surface area contributed by atoms with Gasteiger partial charge in [-0.1, -0.05) is 6.07 Å². The largest absolute Gasteiger partial charge is 0.355 e. The molecule has 2 aromatic rings. The van der Waals surface area contributed by atoms with Gasteiger partial charge in [-0.15, -0.1) is 0 Å². The summed E-state index contributed by atoms with van der Waals surface area (Å²) in [4.78, 5) is 24.6. The molecule has 0 radical (unpaired) electrons. The SMILES string of the molecule is Cc1cc(F)cc(C2CNC(=O)C2C(=O)Nc2ccc(F)cc2F)c1. The fourth-order valence-corrected chi connectivity index (χ4v) is 3.01. The number of hydrogen-bond acceptors (Lipinski definition) is 2. The van der Waals surface area contributed by atoms with Crippen LogP contribution in [0.2, 0.25) is 0 Å². The van der Waals surface area contributed by atoms with Crippen molar-refractivity contribution in [2.75, 3.05) is 11.9 Å². The van der Waals surface area contributed by atoms with E-state index in [0.717, 1.165) is 12.1 Å². The number of carbonyl (C=O) groups excluding carboxylic acids is 2. The Morgan fingerprint density at radius 3 is 2.56 bits per heavy atom. The third kappa shape index (κ3) is 3.50. The molecule has 3 rings (SSSR count). The maximum Gasteiger partial charge on any atom is 0.237 e. The Labute approximate surface area is 142 Å². The normalized spacial score (nSPS) is 19.6. The first kappa shape index (κ1) is 17.0. The van der Waals surface area contributed by atoms with E-state index in [2.05, 4.69) is 10.6 Å². The van der Waals surface area contributed by atoms with Crippen molar-refractivity contribution < 1.29 is 22.8 Å². The van der Waals surface area contributed by atoms with Crippen molar-refractivity contribution in [1.82, 2.24) is 5.32 Å². The van der Waals surface area contributed by atoms with Gasteiger partial charge in [-0.25, -0.2) is 13.2 Å². The third-order valence-electron chi connectivity index (χ3n) is 4.15. The van der Waals surface area contributed by atoms with Crippen LogP contribution in [0.4, 0.5) is 18.9 Å². The van der Waals surface area contributed by atoms with Crippen molar-refractivity contribution in [3.8, 4) is 0 Å². The van der Waals surface area contributed by atoms with Gasteiger partial charge in [0.1, 0.15) is 23.4 Å². The van der Waals surface area contributed by atoms with Crippen LogP contribution in [0.5, 0.6) is 0 Å². The average Bonchev–Trinajstić information content (AvgIpc) is 2.91. The Kier molecular flexibility index (Phi) is 4.48. The second-order valence-corrected chi connectivity index (χ2v) is 6.00. The van der Waals surface area contributed by atoms with Crippen LogP contribution in [-0.2, 0) is 9.59 Å². The number of benzene rings is 2. The molecular weight excluding hydrogens is 333 g/mol. The zero-order chi connectivity index (χ0) is 18.1. The number of hydrogen-bond donors (Lipinski definition) is 2. The van der Waals surface area contributed by atoms with E-state index in [-0.39, 0.29) is 12.2 Å². The van der Waals surface area contributed by atoms with Gasteiger partial charge in [0.2, 0.25) is 11.8 Å². The first-order valence-electron chi connectivity index (χ1n) is 7.66. The second-order valence-electron chi connectivity index (χ2n) is 6.00. The monoisotopic (exact) mass is 348 g/mol. The third-order valence-corrected chi connectivity index (χ3v) is 4.15. The second kappa shape index (κ2) is 6.58. The van der Waals surface area contributed by atoms with Gasteiger partial charge in [-0.3, -0.25) is 9.59 Å². The van der Waals surface area contributed by atoms with Gasteiger partial charge in [0.25, 0.3) is 0 Å². The minimum absolute atomic E-state index is 0.172. The maximum absolute atomic E-state index is 13.7. The molecule has 2 atom stereocenters. The highest BCUT2D eigenvalue weighted by Gasteiger charge is 2.41. The lowest BCUT2D eigenvalue weighted by atomic mass is 9.87. The van der Waals surface area contributed by atoms with Crippen molar-refractivity contribution in [3.63, 3.8) is 0 Å². The Morgan fingerprint density at radius 2 is 1.88 bits per heavy atom. The van der Waals surface area contributed by atoms with Crippen molar-refractivity contribution in [1.29, 1.82) is 0 Å². The minimum atomic E-state index is -1.13. The van der Waals surface area contributed by atoms with Gasteiger partial charge in [0.15, 0.2) is 0 Å². The molecule has 2 amide bonds. The summed E-state index contributed by atoms with van der Waals surface area (Å²) < 4.78 is 40.3. The molecule has 0 spiro atoms. The van der Waals surface area contributed by atoms with E-state index < -0.39 is 41.1 Å². The summed E-state index contributed by atoms with van der Waals surface area (Å²) >= 11 is 0. The number of carbonyl (C=O) groups is 2. The topological polar surface area (TPSA) is 58.2 Å². The molecule has 0 saturated carbocycles. The molecule has 0 aromatic heterocycles. The molecule has 2 N–H and O–H groups in total. The Bertz CT molecular complexity index is 834. The van der Waals surface area contributed by atoms with E-state index in [4.69, 9.17) is 0 Å². The standard InChI is InChI=1S/C18H15F3N2O2/c1-9-4-10(6-12(20)5-9)13-8-22-17(24)16(13)18(25)23-15-3-2-11(19)7-14(15)21/h2-7,13,16H,8H2,1H3,(H,22,24)(H,23,25). The minimum Gasteiger partial charge on any atom is -0.355 e. The molecule has 0 bridgehead atoms. The summed E-state index contributed by atoms with van der Waals surface area (Å²) in [6, 6.07) is 7.04. The molecule has 1 saturated heterocycles. The number of rotatable bonds is 3. The smallest absolute Gasteiger partial charge is 0.237 e. The molecule has 2 aromatic carbocycles. The molecular formula is C18H15F3N2O2. The summed E-state index contributed by atoms with van der Waals surface area (Å²) in [5, 5.41) is 4.88. The Hall–Kier alpha value is -2.83. The number of nitrogens with one attached hydrogen (secondary N) is 2. The average molecular weight is 348 g/mol. The van der Waals surface area contributed by atoms with E-state index in [1.54, 1.807) is 13.0 Å². The first-order chi connectivity index (χ1) is 11.8. The van der Waals surface area contributed by atoms with Crippen LogP contribution in [0, 0.1) is 30.3 Å². The van der Waals surface area contributed by atoms with Crippen molar-refractivity contribution >= 4 is 17.5 Å². The van der Waals surface area contributed by atoms with E-state index in [0.29, 0.717) is 17.2 Å². The predicted molar refractivity (Wildman–Crippen MR) is 85.4 cm³/mol. The van der Waals surface area contributed by atoms with Crippen LogP contribution in [0.3, 0.4) is 0 Å². The van der Waals surface area contributed by atoms with Crippen LogP contribution >= 0.6 is 0 Å². The van der Waals surface area contributed by atoms with E-state index in [9.17, 15) is 22.8 Å². The number of amides is 2. The van der Waals surface area contributed by atoms with Crippen LogP contribution in [0.1, 0.15) is 17.0 Å². The van der Waals surface area contributed by atoms with Crippen molar-refractivity contribution in [2.24, 2.45) is 5.92 Å². The molecule has 130 valence electrons. The van der Waals surface area contributed by atoms with Gasteiger partial charge in [0, 0.05) is 18.5 Å². The van der Waals surface area contributed by atoms with E-state index in [1.165, 1.54) is 12.1 Å². The van der Waals surface area contributed by atoms with E-state index in [1.807, 2.05) is 0 Å². The number of halogens is 3. The lowest BCUT2D eigenvalue weighted by Crippen LogP contribution is -2.32. The molecule has 1 aliphatic heterocycles. The molecule has 7 heteroatoms. The van der Waals surface area contributed by atoms with Crippen LogP contribution in [-0.4, -0.2) is 18.4 Å². The highest BCUT2D eigenvalue weighted by molar-refractivity contribution is 6.08. The van der Waals surface area contributed by atoms with Crippen LogP contribution in [0.25, 0.3) is 0 Å². The molecule has 0 aliphatic carbocycles. The lowest BCUT2D eigenvalue weighted by Gasteiger charge is -2.18. The zero-order valence-electron chi connectivity index (χ0n) is 13.3. The molecule has 1 aliphatic rings. The summed E-state index contributed by atoms with van der Waals surface area (Å²) in [5.41, 5.74) is 0.953.